The predicted octanol–water partition coefficient (Wildman–Crippen LogP) is 2.80. The van der Waals surface area contributed by atoms with Crippen molar-refractivity contribution < 1.29 is 8.42 Å². The minimum atomic E-state index is -3.27. The zero-order chi connectivity index (χ0) is 19.2. The Bertz CT molecular complexity index is 714. The first-order chi connectivity index (χ1) is 12.3. The number of aliphatic imine (C=N–C) groups is 1. The normalized spacial score (nSPS) is 20.9. The van der Waals surface area contributed by atoms with E-state index in [-0.39, 0.29) is 29.7 Å². The molecule has 2 N–H and O–H groups in total. The molecule has 0 spiro atoms. The van der Waals surface area contributed by atoms with Gasteiger partial charge in [0.2, 0.25) is 10.0 Å². The Morgan fingerprint density at radius 2 is 1.85 bits per heavy atom. The highest BCUT2D eigenvalue weighted by atomic mass is 127. The third-order valence-electron chi connectivity index (χ3n) is 4.57. The van der Waals surface area contributed by atoms with Crippen LogP contribution >= 0.6 is 24.0 Å². The van der Waals surface area contributed by atoms with Crippen LogP contribution in [-0.2, 0) is 22.3 Å². The quantitative estimate of drug-likeness (QED) is 0.352. The summed E-state index contributed by atoms with van der Waals surface area (Å²) in [6.45, 7) is 10.1. The molecule has 1 heterocycles. The van der Waals surface area contributed by atoms with Crippen molar-refractivity contribution in [1.82, 2.24) is 14.9 Å². The van der Waals surface area contributed by atoms with E-state index < -0.39 is 10.0 Å². The van der Waals surface area contributed by atoms with Crippen LogP contribution in [0.1, 0.15) is 38.3 Å². The van der Waals surface area contributed by atoms with Gasteiger partial charge in [0.15, 0.2) is 5.96 Å². The zero-order valence-electron chi connectivity index (χ0n) is 16.7. The van der Waals surface area contributed by atoms with Crippen molar-refractivity contribution in [3.05, 3.63) is 35.4 Å². The van der Waals surface area contributed by atoms with E-state index in [9.17, 15) is 8.42 Å². The lowest BCUT2D eigenvalue weighted by molar-refractivity contribution is 0.208. The lowest BCUT2D eigenvalue weighted by Crippen LogP contribution is -2.48. The minimum Gasteiger partial charge on any atom is -0.357 e. The summed E-state index contributed by atoms with van der Waals surface area (Å²) in [7, 11) is -1.83. The highest BCUT2D eigenvalue weighted by Gasteiger charge is 2.23. The fourth-order valence-electron chi connectivity index (χ4n) is 3.54. The number of nitrogens with one attached hydrogen (secondary N) is 2. The molecule has 154 valence electrons. The number of guanidine groups is 1. The van der Waals surface area contributed by atoms with Crippen LogP contribution in [0.15, 0.2) is 29.3 Å². The molecule has 1 aromatic carbocycles. The molecule has 1 aliphatic heterocycles. The summed E-state index contributed by atoms with van der Waals surface area (Å²) in [5.74, 6) is 2.26. The van der Waals surface area contributed by atoms with Gasteiger partial charge >= 0.3 is 0 Å². The van der Waals surface area contributed by atoms with Gasteiger partial charge in [-0.05, 0) is 43.4 Å². The van der Waals surface area contributed by atoms with E-state index >= 15 is 0 Å². The lowest BCUT2D eigenvalue weighted by Gasteiger charge is -2.37. The summed E-state index contributed by atoms with van der Waals surface area (Å²) in [4.78, 5) is 7.15. The van der Waals surface area contributed by atoms with E-state index in [0.29, 0.717) is 18.4 Å². The largest absolute Gasteiger partial charge is 0.357 e. The Morgan fingerprint density at radius 1 is 1.22 bits per heavy atom. The third-order valence-corrected chi connectivity index (χ3v) is 5.91. The van der Waals surface area contributed by atoms with Crippen LogP contribution in [0.25, 0.3) is 0 Å². The Hall–Kier alpha value is -0.870. The maximum absolute atomic E-state index is 11.7. The molecule has 27 heavy (non-hydrogen) atoms. The molecule has 6 nitrogen and oxygen atoms in total. The number of piperidine rings is 1. The Morgan fingerprint density at radius 3 is 2.44 bits per heavy atom. The molecule has 2 atom stereocenters. The van der Waals surface area contributed by atoms with E-state index in [0.717, 1.165) is 36.7 Å². The van der Waals surface area contributed by atoms with Gasteiger partial charge in [-0.3, -0.25) is 0 Å². The second kappa shape index (κ2) is 11.2. The summed E-state index contributed by atoms with van der Waals surface area (Å²) in [5, 5.41) is 3.40. The van der Waals surface area contributed by atoms with Crippen molar-refractivity contribution in [2.24, 2.45) is 16.8 Å². The zero-order valence-corrected chi connectivity index (χ0v) is 19.9. The summed E-state index contributed by atoms with van der Waals surface area (Å²) in [5.41, 5.74) is 1.79. The van der Waals surface area contributed by atoms with Gasteiger partial charge in [-0.2, -0.15) is 0 Å². The van der Waals surface area contributed by atoms with Crippen molar-refractivity contribution in [3.63, 3.8) is 0 Å². The fourth-order valence-corrected chi connectivity index (χ4v) is 4.30. The van der Waals surface area contributed by atoms with Crippen molar-refractivity contribution in [2.75, 3.05) is 26.7 Å². The molecule has 1 fully saturated rings. The molecule has 0 saturated carbocycles. The number of rotatable bonds is 6. The summed E-state index contributed by atoms with van der Waals surface area (Å²) >= 11 is 0. The predicted molar refractivity (Wildman–Crippen MR) is 123 cm³/mol. The summed E-state index contributed by atoms with van der Waals surface area (Å²) in [6, 6.07) is 7.64. The van der Waals surface area contributed by atoms with Gasteiger partial charge in [0, 0.05) is 19.6 Å². The molecule has 0 amide bonds. The van der Waals surface area contributed by atoms with Crippen molar-refractivity contribution in [1.29, 1.82) is 0 Å². The standard InChI is InChI=1S/C19H32N4O2S.HI/c1-5-21-19(23-12-15(2)9-16(3)13-23)22-11-17-7-6-8-18(10-17)14-26(24,25)20-4;/h6-8,10,15-16,20H,5,9,11-14H2,1-4H3,(H,21,22);1H. The molecule has 0 bridgehead atoms. The highest BCUT2D eigenvalue weighted by Crippen LogP contribution is 2.21. The number of hydrogen-bond donors (Lipinski definition) is 2. The Balaban J connectivity index is 0.00000364. The van der Waals surface area contributed by atoms with Gasteiger partial charge in [-0.1, -0.05) is 38.1 Å². The maximum atomic E-state index is 11.7. The van der Waals surface area contributed by atoms with Crippen LogP contribution in [-0.4, -0.2) is 46.0 Å². The maximum Gasteiger partial charge on any atom is 0.215 e. The minimum absolute atomic E-state index is 0. The molecule has 0 aliphatic carbocycles. The molecule has 1 saturated heterocycles. The average Bonchev–Trinajstić information content (AvgIpc) is 2.57. The lowest BCUT2D eigenvalue weighted by atomic mass is 9.92. The van der Waals surface area contributed by atoms with E-state index in [2.05, 4.69) is 35.7 Å². The molecule has 2 rings (SSSR count). The van der Waals surface area contributed by atoms with Gasteiger partial charge in [0.1, 0.15) is 0 Å². The molecular weight excluding hydrogens is 475 g/mol. The van der Waals surface area contributed by atoms with Crippen LogP contribution in [0.2, 0.25) is 0 Å². The Kier molecular flexibility index (Phi) is 10.0. The smallest absolute Gasteiger partial charge is 0.215 e. The van der Waals surface area contributed by atoms with Gasteiger partial charge in [-0.15, -0.1) is 24.0 Å². The van der Waals surface area contributed by atoms with Gasteiger partial charge in [-0.25, -0.2) is 18.1 Å². The van der Waals surface area contributed by atoms with Gasteiger partial charge in [0.25, 0.3) is 0 Å². The van der Waals surface area contributed by atoms with Gasteiger partial charge < -0.3 is 10.2 Å². The number of likely N-dealkylation sites (tertiary alicyclic amines) is 1. The molecule has 1 aromatic rings. The molecule has 8 heteroatoms. The molecule has 0 aromatic heterocycles. The van der Waals surface area contributed by atoms with Crippen molar-refractivity contribution >= 4 is 40.0 Å². The molecule has 0 radical (unpaired) electrons. The van der Waals surface area contributed by atoms with Crippen LogP contribution < -0.4 is 10.0 Å². The monoisotopic (exact) mass is 508 g/mol. The number of halogens is 1. The van der Waals surface area contributed by atoms with Crippen LogP contribution in [0, 0.1) is 11.8 Å². The van der Waals surface area contributed by atoms with Crippen molar-refractivity contribution in [3.8, 4) is 0 Å². The number of benzene rings is 1. The second-order valence-electron chi connectivity index (χ2n) is 7.30. The summed E-state index contributed by atoms with van der Waals surface area (Å²) < 4.78 is 25.8. The van der Waals surface area contributed by atoms with Crippen molar-refractivity contribution in [2.45, 2.75) is 39.5 Å². The first-order valence-corrected chi connectivity index (χ1v) is 11.0. The van der Waals surface area contributed by atoms with E-state index in [1.807, 2.05) is 24.3 Å². The Labute approximate surface area is 181 Å². The number of sulfonamides is 1. The third kappa shape index (κ3) is 7.95. The average molecular weight is 508 g/mol. The molecule has 1 aliphatic rings. The van der Waals surface area contributed by atoms with Crippen LogP contribution in [0.3, 0.4) is 0 Å². The first-order valence-electron chi connectivity index (χ1n) is 9.35. The highest BCUT2D eigenvalue weighted by molar-refractivity contribution is 14.0. The SMILES string of the molecule is CCNC(=NCc1cccc(CS(=O)(=O)NC)c1)N1CC(C)CC(C)C1.I. The molecular formula is C19H33IN4O2S. The van der Waals surface area contributed by atoms with E-state index in [1.54, 1.807) is 0 Å². The number of hydrogen-bond acceptors (Lipinski definition) is 3. The number of nitrogens with zero attached hydrogens (tertiary/aromatic N) is 2. The van der Waals surface area contributed by atoms with Crippen LogP contribution in [0.4, 0.5) is 0 Å². The van der Waals surface area contributed by atoms with E-state index in [4.69, 9.17) is 4.99 Å². The van der Waals surface area contributed by atoms with Gasteiger partial charge in [0.05, 0.1) is 12.3 Å². The molecule has 2 unspecified atom stereocenters. The first kappa shape index (κ1) is 24.2. The topological polar surface area (TPSA) is 73.8 Å². The van der Waals surface area contributed by atoms with E-state index in [1.165, 1.54) is 13.5 Å². The summed E-state index contributed by atoms with van der Waals surface area (Å²) in [6.07, 6.45) is 1.26. The second-order valence-corrected chi connectivity index (χ2v) is 9.23. The van der Waals surface area contributed by atoms with Crippen LogP contribution in [0.5, 0.6) is 0 Å². The fraction of sp³-hybridized carbons (Fsp3) is 0.632.